The average molecular weight is 276 g/mol. The zero-order valence-electron chi connectivity index (χ0n) is 6.28. The van der Waals surface area contributed by atoms with Crippen molar-refractivity contribution >= 4 is 15.9 Å². The van der Waals surface area contributed by atoms with Crippen LogP contribution in [0.25, 0.3) is 0 Å². The molecule has 0 spiro atoms. The highest BCUT2D eigenvalue weighted by Crippen LogP contribution is 2.22. The fourth-order valence-electron chi connectivity index (χ4n) is 0.697. The molecule has 14 heavy (non-hydrogen) atoms. The van der Waals surface area contributed by atoms with Crippen LogP contribution in [0, 0.1) is 5.82 Å². The number of aromatic nitrogens is 1. The van der Waals surface area contributed by atoms with E-state index in [1.807, 2.05) is 4.98 Å². The van der Waals surface area contributed by atoms with Crippen molar-refractivity contribution in [3.05, 3.63) is 26.8 Å². The monoisotopic (exact) mass is 275 g/mol. The number of halogens is 5. The highest BCUT2D eigenvalue weighted by molar-refractivity contribution is 9.10. The molecule has 0 bridgehead atoms. The molecule has 0 saturated heterocycles. The van der Waals surface area contributed by atoms with Gasteiger partial charge in [-0.1, -0.05) is 0 Å². The summed E-state index contributed by atoms with van der Waals surface area (Å²) < 4.78 is 50.8. The lowest BCUT2D eigenvalue weighted by Gasteiger charge is -2.08. The molecule has 8 heteroatoms. The van der Waals surface area contributed by atoms with Gasteiger partial charge in [-0.2, -0.15) is 0 Å². The number of pyridine rings is 1. The number of aromatic amines is 1. The summed E-state index contributed by atoms with van der Waals surface area (Å²) in [5.41, 5.74) is -1.30. The van der Waals surface area contributed by atoms with Crippen LogP contribution in [0.5, 0.6) is 5.75 Å². The van der Waals surface area contributed by atoms with Gasteiger partial charge in [0.25, 0.3) is 5.56 Å². The summed E-state index contributed by atoms with van der Waals surface area (Å²) in [6, 6.07) is 0.655. The second-order valence-corrected chi connectivity index (χ2v) is 3.03. The Labute approximate surface area is 82.8 Å². The molecule has 0 aliphatic heterocycles. The maximum Gasteiger partial charge on any atom is 0.573 e. The van der Waals surface area contributed by atoms with Crippen molar-refractivity contribution in [3.8, 4) is 5.75 Å². The third-order valence-electron chi connectivity index (χ3n) is 1.13. The van der Waals surface area contributed by atoms with E-state index in [2.05, 4.69) is 20.7 Å². The number of H-pyrrole nitrogens is 1. The van der Waals surface area contributed by atoms with Gasteiger partial charge in [-0.25, -0.2) is 4.39 Å². The first-order chi connectivity index (χ1) is 6.29. The molecule has 1 N–H and O–H groups in total. The number of ether oxygens (including phenoxy) is 1. The minimum absolute atomic E-state index is 0.0745. The standard InChI is InChI=1S/C6H2BrF4NO2/c7-3-1-2(8)4(5(13)12-3)14-6(9,10)11/h1H,(H,12,13). The van der Waals surface area contributed by atoms with Crippen LogP contribution in [0.4, 0.5) is 17.6 Å². The van der Waals surface area contributed by atoms with Crippen LogP contribution in [-0.2, 0) is 0 Å². The Morgan fingerprint density at radius 3 is 2.43 bits per heavy atom. The topological polar surface area (TPSA) is 42.1 Å². The van der Waals surface area contributed by atoms with Crippen molar-refractivity contribution < 1.29 is 22.3 Å². The fourth-order valence-corrected chi connectivity index (χ4v) is 1.08. The van der Waals surface area contributed by atoms with Crippen molar-refractivity contribution in [2.45, 2.75) is 6.36 Å². The zero-order chi connectivity index (χ0) is 10.9. The van der Waals surface area contributed by atoms with Gasteiger partial charge in [0.2, 0.25) is 5.75 Å². The van der Waals surface area contributed by atoms with Crippen LogP contribution >= 0.6 is 15.9 Å². The Bertz CT molecular complexity index is 400. The van der Waals surface area contributed by atoms with Gasteiger partial charge in [0.05, 0.1) is 4.60 Å². The maximum absolute atomic E-state index is 12.8. The number of alkyl halides is 3. The Morgan fingerprint density at radius 1 is 1.43 bits per heavy atom. The van der Waals surface area contributed by atoms with E-state index in [1.165, 1.54) is 0 Å². The van der Waals surface area contributed by atoms with Crippen LogP contribution in [0.1, 0.15) is 0 Å². The Balaban J connectivity index is 3.16. The Kier molecular flexibility index (Phi) is 2.84. The van der Waals surface area contributed by atoms with Crippen molar-refractivity contribution in [1.82, 2.24) is 4.98 Å². The molecule has 0 saturated carbocycles. The highest BCUT2D eigenvalue weighted by atomic mass is 79.9. The van der Waals surface area contributed by atoms with E-state index in [4.69, 9.17) is 0 Å². The summed E-state index contributed by atoms with van der Waals surface area (Å²) in [6.07, 6.45) is -5.10. The van der Waals surface area contributed by atoms with Crippen LogP contribution in [0.3, 0.4) is 0 Å². The lowest BCUT2D eigenvalue weighted by atomic mass is 10.4. The van der Waals surface area contributed by atoms with Crippen molar-refractivity contribution in [1.29, 1.82) is 0 Å². The smallest absolute Gasteiger partial charge is 0.397 e. The predicted molar refractivity (Wildman–Crippen MR) is 41.4 cm³/mol. The molecule has 0 amide bonds. The molecule has 0 aliphatic carbocycles. The van der Waals surface area contributed by atoms with Crippen molar-refractivity contribution in [2.24, 2.45) is 0 Å². The van der Waals surface area contributed by atoms with Gasteiger partial charge in [0, 0.05) is 6.07 Å². The lowest BCUT2D eigenvalue weighted by Crippen LogP contribution is -2.24. The second kappa shape index (κ2) is 3.60. The maximum atomic E-state index is 12.8. The molecule has 0 aromatic carbocycles. The summed E-state index contributed by atoms with van der Waals surface area (Å²) in [5, 5.41) is 0. The SMILES string of the molecule is O=c1[nH]c(Br)cc(F)c1OC(F)(F)F. The molecule has 0 unspecified atom stereocenters. The van der Waals surface area contributed by atoms with Crippen molar-refractivity contribution in [3.63, 3.8) is 0 Å². The van der Waals surface area contributed by atoms with E-state index in [9.17, 15) is 22.4 Å². The molecule has 0 radical (unpaired) electrons. The van der Waals surface area contributed by atoms with Crippen molar-refractivity contribution in [2.75, 3.05) is 0 Å². The third kappa shape index (κ3) is 2.72. The normalized spacial score (nSPS) is 11.5. The van der Waals surface area contributed by atoms with Gasteiger partial charge < -0.3 is 9.72 Å². The molecule has 1 rings (SSSR count). The summed E-state index contributed by atoms with van der Waals surface area (Å²) in [6.45, 7) is 0. The first kappa shape index (κ1) is 11.0. The highest BCUT2D eigenvalue weighted by Gasteiger charge is 2.33. The summed E-state index contributed by atoms with van der Waals surface area (Å²) >= 11 is 2.69. The van der Waals surface area contributed by atoms with Gasteiger partial charge in [-0.15, -0.1) is 13.2 Å². The van der Waals surface area contributed by atoms with E-state index < -0.39 is 23.5 Å². The molecule has 1 heterocycles. The van der Waals surface area contributed by atoms with Gasteiger partial charge in [0.15, 0.2) is 5.82 Å². The van der Waals surface area contributed by atoms with Gasteiger partial charge >= 0.3 is 6.36 Å². The quantitative estimate of drug-likeness (QED) is 0.631. The second-order valence-electron chi connectivity index (χ2n) is 2.17. The number of hydrogen-bond acceptors (Lipinski definition) is 2. The van der Waals surface area contributed by atoms with Crippen LogP contribution in [0.2, 0.25) is 0 Å². The van der Waals surface area contributed by atoms with E-state index in [1.54, 1.807) is 0 Å². The molecular weight excluding hydrogens is 274 g/mol. The number of rotatable bonds is 1. The summed E-state index contributed by atoms with van der Waals surface area (Å²) in [7, 11) is 0. The minimum Gasteiger partial charge on any atom is -0.397 e. The van der Waals surface area contributed by atoms with Gasteiger partial charge in [-0.3, -0.25) is 4.79 Å². The molecule has 0 atom stereocenters. The first-order valence-electron chi connectivity index (χ1n) is 3.13. The minimum atomic E-state index is -5.10. The van der Waals surface area contributed by atoms with E-state index in [0.717, 1.165) is 0 Å². The van der Waals surface area contributed by atoms with E-state index in [-0.39, 0.29) is 4.60 Å². The summed E-state index contributed by atoms with van der Waals surface area (Å²) in [4.78, 5) is 12.7. The number of hydrogen-bond donors (Lipinski definition) is 1. The zero-order valence-corrected chi connectivity index (χ0v) is 7.87. The molecule has 3 nitrogen and oxygen atoms in total. The number of nitrogens with one attached hydrogen (secondary N) is 1. The molecule has 0 aliphatic rings. The molecule has 1 aromatic rings. The van der Waals surface area contributed by atoms with E-state index in [0.29, 0.717) is 6.07 Å². The largest absolute Gasteiger partial charge is 0.573 e. The fraction of sp³-hybridized carbons (Fsp3) is 0.167. The van der Waals surface area contributed by atoms with Crippen LogP contribution in [0.15, 0.2) is 15.5 Å². The van der Waals surface area contributed by atoms with Crippen LogP contribution in [-0.4, -0.2) is 11.3 Å². The lowest BCUT2D eigenvalue weighted by molar-refractivity contribution is -0.276. The van der Waals surface area contributed by atoms with E-state index >= 15 is 0 Å². The molecular formula is C6H2BrF4NO2. The predicted octanol–water partition coefficient (Wildman–Crippen LogP) is 2.18. The van der Waals surface area contributed by atoms with Crippen LogP contribution < -0.4 is 10.3 Å². The van der Waals surface area contributed by atoms with Gasteiger partial charge in [-0.05, 0) is 15.9 Å². The molecule has 78 valence electrons. The molecule has 1 aromatic heterocycles. The molecule has 0 fully saturated rings. The third-order valence-corrected chi connectivity index (χ3v) is 1.55. The Hall–Kier alpha value is -1.05. The average Bonchev–Trinajstić information content (AvgIpc) is 1.95. The first-order valence-corrected chi connectivity index (χ1v) is 3.93. The Morgan fingerprint density at radius 2 is 2.00 bits per heavy atom. The van der Waals surface area contributed by atoms with Gasteiger partial charge in [0.1, 0.15) is 0 Å². The summed E-state index contributed by atoms with van der Waals surface area (Å²) in [5.74, 6) is -2.79.